The van der Waals surface area contributed by atoms with E-state index >= 15 is 0 Å². The van der Waals surface area contributed by atoms with Crippen LogP contribution in [0.25, 0.3) is 0 Å². The maximum Gasteiger partial charge on any atom is 0.291 e. The molecule has 0 radical (unpaired) electrons. The molecule has 1 N–H and O–H groups in total. The molecule has 2 aromatic carbocycles. The number of amides is 1. The molecule has 1 aliphatic rings. The second-order valence-corrected chi connectivity index (χ2v) is 9.88. The van der Waals surface area contributed by atoms with Crippen molar-refractivity contribution in [3.63, 3.8) is 0 Å². The van der Waals surface area contributed by atoms with E-state index in [0.717, 1.165) is 13.0 Å². The first-order chi connectivity index (χ1) is 16.6. The van der Waals surface area contributed by atoms with E-state index in [0.29, 0.717) is 47.3 Å². The van der Waals surface area contributed by atoms with Gasteiger partial charge in [-0.2, -0.15) is 0 Å². The number of methoxy groups -OCH3 is 1. The molecule has 0 aliphatic carbocycles. The second kappa shape index (κ2) is 11.5. The van der Waals surface area contributed by atoms with Gasteiger partial charge in [0.1, 0.15) is 17.4 Å². The molecule has 1 saturated heterocycles. The van der Waals surface area contributed by atoms with Crippen LogP contribution in [0.1, 0.15) is 47.8 Å². The highest BCUT2D eigenvalue weighted by molar-refractivity contribution is 6.44. The number of likely N-dealkylation sites (tertiary alicyclic amines) is 1. The molecule has 35 heavy (non-hydrogen) atoms. The first-order valence-corrected chi connectivity index (χ1v) is 12.2. The predicted molar refractivity (Wildman–Crippen MR) is 134 cm³/mol. The van der Waals surface area contributed by atoms with Crippen molar-refractivity contribution in [2.75, 3.05) is 40.9 Å². The molecule has 0 bridgehead atoms. The standard InChI is InChI=1S/C28H36N2O5/c1-18(2)17-35-20-12-13-21(19(3)16-20)26(31)24-25(22-10-7-8-11-23(22)34-6)30(28(33)27(24)32)15-9-14-29(4)5/h7-8,10-13,16,18,24-25H,9,14-15,17H2,1-6H3/p+1. The van der Waals surface area contributed by atoms with Gasteiger partial charge in [0.15, 0.2) is 5.78 Å². The highest BCUT2D eigenvalue weighted by Crippen LogP contribution is 2.42. The number of ketones is 2. The van der Waals surface area contributed by atoms with Crippen LogP contribution in [-0.2, 0) is 9.59 Å². The Kier molecular flexibility index (Phi) is 8.67. The van der Waals surface area contributed by atoms with Gasteiger partial charge in [0.25, 0.3) is 5.91 Å². The molecule has 3 rings (SSSR count). The van der Waals surface area contributed by atoms with Gasteiger partial charge in [0, 0.05) is 24.1 Å². The Bertz CT molecular complexity index is 1080. The Labute approximate surface area is 208 Å². The van der Waals surface area contributed by atoms with Gasteiger partial charge in [-0.3, -0.25) is 14.4 Å². The SMILES string of the molecule is COc1ccccc1C1C(C(=O)c2ccc(OCC(C)C)cc2C)C(=O)C(=O)N1CCC[NH+](C)C. The van der Waals surface area contributed by atoms with Gasteiger partial charge >= 0.3 is 0 Å². The minimum atomic E-state index is -1.13. The molecule has 7 nitrogen and oxygen atoms in total. The normalized spacial score (nSPS) is 18.0. The highest BCUT2D eigenvalue weighted by atomic mass is 16.5. The molecule has 1 fully saturated rings. The number of nitrogens with zero attached hydrogens (tertiary/aromatic N) is 1. The van der Waals surface area contributed by atoms with E-state index < -0.39 is 23.7 Å². The lowest BCUT2D eigenvalue weighted by Crippen LogP contribution is -3.05. The molecular weight excluding hydrogens is 444 g/mol. The number of carbonyl (C=O) groups excluding carboxylic acids is 3. The van der Waals surface area contributed by atoms with Crippen LogP contribution in [-0.4, -0.2) is 63.3 Å². The Hall–Kier alpha value is -3.19. The fourth-order valence-corrected chi connectivity index (χ4v) is 4.52. The summed E-state index contributed by atoms with van der Waals surface area (Å²) in [4.78, 5) is 43.1. The molecular formula is C28H37N2O5+. The third-order valence-corrected chi connectivity index (χ3v) is 6.27. The predicted octanol–water partition coefficient (Wildman–Crippen LogP) is 2.52. The van der Waals surface area contributed by atoms with E-state index in [4.69, 9.17) is 9.47 Å². The van der Waals surface area contributed by atoms with Crippen molar-refractivity contribution in [3.8, 4) is 11.5 Å². The number of nitrogens with one attached hydrogen (secondary N) is 1. The summed E-state index contributed by atoms with van der Waals surface area (Å²) in [5.74, 6) is -1.16. The lowest BCUT2D eigenvalue weighted by molar-refractivity contribution is -0.858. The zero-order valence-electron chi connectivity index (χ0n) is 21.6. The number of rotatable bonds is 11. The molecule has 2 atom stereocenters. The lowest BCUT2D eigenvalue weighted by atomic mass is 9.84. The van der Waals surface area contributed by atoms with E-state index in [1.807, 2.05) is 45.3 Å². The molecule has 0 saturated carbocycles. The molecule has 188 valence electrons. The first kappa shape index (κ1) is 26.4. The van der Waals surface area contributed by atoms with Gasteiger partial charge in [0.05, 0.1) is 40.4 Å². The van der Waals surface area contributed by atoms with Gasteiger partial charge in [0.2, 0.25) is 5.78 Å². The summed E-state index contributed by atoms with van der Waals surface area (Å²) in [7, 11) is 5.63. The van der Waals surface area contributed by atoms with Crippen molar-refractivity contribution in [3.05, 3.63) is 59.2 Å². The molecule has 1 heterocycles. The van der Waals surface area contributed by atoms with Crippen molar-refractivity contribution in [1.29, 1.82) is 0 Å². The van der Waals surface area contributed by atoms with E-state index in [2.05, 4.69) is 13.8 Å². The van der Waals surface area contributed by atoms with Crippen LogP contribution in [0.2, 0.25) is 0 Å². The summed E-state index contributed by atoms with van der Waals surface area (Å²) >= 11 is 0. The average Bonchev–Trinajstić information content (AvgIpc) is 3.07. The minimum Gasteiger partial charge on any atom is -0.496 e. The van der Waals surface area contributed by atoms with Crippen LogP contribution in [0.4, 0.5) is 0 Å². The number of hydrogen-bond donors (Lipinski definition) is 1. The summed E-state index contributed by atoms with van der Waals surface area (Å²) in [6.45, 7) is 7.76. The molecule has 2 aromatic rings. The van der Waals surface area contributed by atoms with Gasteiger partial charge in [-0.1, -0.05) is 32.0 Å². The Morgan fingerprint density at radius 2 is 1.83 bits per heavy atom. The number of aryl methyl sites for hydroxylation is 1. The van der Waals surface area contributed by atoms with E-state index in [1.54, 1.807) is 30.2 Å². The number of Topliss-reactive ketones (excluding diaryl/α,β-unsaturated/α-hetero) is 2. The quantitative estimate of drug-likeness (QED) is 0.303. The fourth-order valence-electron chi connectivity index (χ4n) is 4.52. The smallest absolute Gasteiger partial charge is 0.291 e. The van der Waals surface area contributed by atoms with E-state index in [9.17, 15) is 14.4 Å². The van der Waals surface area contributed by atoms with E-state index in [-0.39, 0.29) is 5.78 Å². The maximum absolute atomic E-state index is 13.8. The first-order valence-electron chi connectivity index (χ1n) is 12.2. The van der Waals surface area contributed by atoms with Crippen molar-refractivity contribution in [2.24, 2.45) is 11.8 Å². The largest absolute Gasteiger partial charge is 0.496 e. The van der Waals surface area contributed by atoms with E-state index in [1.165, 1.54) is 4.90 Å². The summed E-state index contributed by atoms with van der Waals surface area (Å²) in [6, 6.07) is 11.8. The number of para-hydroxylation sites is 1. The highest BCUT2D eigenvalue weighted by Gasteiger charge is 2.52. The van der Waals surface area contributed by atoms with Crippen molar-refractivity contribution < 1.29 is 28.8 Å². The number of quaternary nitrogens is 1. The summed E-state index contributed by atoms with van der Waals surface area (Å²) < 4.78 is 11.3. The second-order valence-electron chi connectivity index (χ2n) is 9.88. The minimum absolute atomic E-state index is 0.354. The monoisotopic (exact) mass is 481 g/mol. The number of ether oxygens (including phenoxy) is 2. The van der Waals surface area contributed by atoms with Gasteiger partial charge in [-0.05, 0) is 42.7 Å². The Balaban J connectivity index is 2.00. The number of benzene rings is 2. The molecule has 0 spiro atoms. The van der Waals surface area contributed by atoms with Crippen LogP contribution < -0.4 is 14.4 Å². The average molecular weight is 482 g/mol. The summed E-state index contributed by atoms with van der Waals surface area (Å²) in [5.41, 5.74) is 1.80. The van der Waals surface area contributed by atoms with Crippen LogP contribution in [0, 0.1) is 18.8 Å². The van der Waals surface area contributed by atoms with Gasteiger partial charge in [-0.25, -0.2) is 0 Å². The molecule has 0 aromatic heterocycles. The zero-order chi connectivity index (χ0) is 25.7. The Morgan fingerprint density at radius 3 is 2.46 bits per heavy atom. The molecule has 1 aliphatic heterocycles. The maximum atomic E-state index is 13.8. The third-order valence-electron chi connectivity index (χ3n) is 6.27. The van der Waals surface area contributed by atoms with Crippen LogP contribution in [0.5, 0.6) is 11.5 Å². The fraction of sp³-hybridized carbons (Fsp3) is 0.464. The third kappa shape index (κ3) is 5.90. The van der Waals surface area contributed by atoms with Crippen LogP contribution in [0.15, 0.2) is 42.5 Å². The number of hydrogen-bond acceptors (Lipinski definition) is 5. The van der Waals surface area contributed by atoms with Gasteiger partial charge < -0.3 is 19.3 Å². The van der Waals surface area contributed by atoms with Gasteiger partial charge in [-0.15, -0.1) is 0 Å². The summed E-state index contributed by atoms with van der Waals surface area (Å²) in [6.07, 6.45) is 0.717. The van der Waals surface area contributed by atoms with Crippen LogP contribution in [0.3, 0.4) is 0 Å². The summed E-state index contributed by atoms with van der Waals surface area (Å²) in [5, 5.41) is 0. The molecule has 1 amide bonds. The Morgan fingerprint density at radius 1 is 1.11 bits per heavy atom. The molecule has 2 unspecified atom stereocenters. The lowest BCUT2D eigenvalue weighted by Gasteiger charge is -2.28. The topological polar surface area (TPSA) is 77.3 Å². The zero-order valence-corrected chi connectivity index (χ0v) is 21.6. The number of carbonyl (C=O) groups is 3. The van der Waals surface area contributed by atoms with Crippen molar-refractivity contribution in [1.82, 2.24) is 4.90 Å². The molecule has 7 heteroatoms. The van der Waals surface area contributed by atoms with Crippen molar-refractivity contribution in [2.45, 2.75) is 33.2 Å². The van der Waals surface area contributed by atoms with Crippen LogP contribution >= 0.6 is 0 Å². The van der Waals surface area contributed by atoms with Crippen molar-refractivity contribution >= 4 is 17.5 Å².